The number of nitrogens with one attached hydrogen (secondary N) is 2. The van der Waals surface area contributed by atoms with Crippen LogP contribution < -0.4 is 10.6 Å². The molecule has 1 atom stereocenters. The van der Waals surface area contributed by atoms with Gasteiger partial charge in [-0.2, -0.15) is 0 Å². The van der Waals surface area contributed by atoms with Crippen molar-refractivity contribution in [2.24, 2.45) is 0 Å². The van der Waals surface area contributed by atoms with E-state index in [9.17, 15) is 4.79 Å². The maximum absolute atomic E-state index is 12.0. The molecule has 1 aliphatic heterocycles. The highest BCUT2D eigenvalue weighted by atomic mass is 16.3. The number of carbonyl (C=O) groups excluding carboxylic acids is 1. The summed E-state index contributed by atoms with van der Waals surface area (Å²) in [5.41, 5.74) is -0.390. The molecule has 0 spiro atoms. The van der Waals surface area contributed by atoms with E-state index in [0.717, 1.165) is 25.8 Å². The lowest BCUT2D eigenvalue weighted by Crippen LogP contribution is -2.60. The molecule has 0 aromatic heterocycles. The van der Waals surface area contributed by atoms with Gasteiger partial charge in [0.1, 0.15) is 0 Å². The Morgan fingerprint density at radius 1 is 1.47 bits per heavy atom. The fourth-order valence-corrected chi connectivity index (χ4v) is 2.30. The lowest BCUT2D eigenvalue weighted by Gasteiger charge is -2.38. The SMILES string of the molecule is CC1(C(=O)NC2CC(O)C2)CCCCN1. The molecule has 1 aliphatic carbocycles. The summed E-state index contributed by atoms with van der Waals surface area (Å²) in [7, 11) is 0. The van der Waals surface area contributed by atoms with Gasteiger partial charge in [0.25, 0.3) is 0 Å². The Labute approximate surface area is 90.4 Å². The van der Waals surface area contributed by atoms with E-state index in [2.05, 4.69) is 10.6 Å². The number of rotatable bonds is 2. The average Bonchev–Trinajstić information content (AvgIpc) is 2.16. The molecule has 2 fully saturated rings. The molecule has 0 radical (unpaired) electrons. The molecule has 1 saturated heterocycles. The lowest BCUT2D eigenvalue weighted by molar-refractivity contribution is -0.130. The summed E-state index contributed by atoms with van der Waals surface area (Å²) >= 11 is 0. The van der Waals surface area contributed by atoms with Crippen molar-refractivity contribution in [3.05, 3.63) is 0 Å². The van der Waals surface area contributed by atoms with Crippen molar-refractivity contribution in [2.45, 2.75) is 56.7 Å². The zero-order valence-electron chi connectivity index (χ0n) is 9.25. The van der Waals surface area contributed by atoms with Crippen LogP contribution >= 0.6 is 0 Å². The Kier molecular flexibility index (Phi) is 2.98. The van der Waals surface area contributed by atoms with Gasteiger partial charge in [0, 0.05) is 6.04 Å². The van der Waals surface area contributed by atoms with Gasteiger partial charge in [0.2, 0.25) is 5.91 Å². The Bertz CT molecular complexity index is 243. The monoisotopic (exact) mass is 212 g/mol. The Morgan fingerprint density at radius 2 is 2.20 bits per heavy atom. The van der Waals surface area contributed by atoms with Crippen molar-refractivity contribution in [3.63, 3.8) is 0 Å². The molecule has 1 amide bonds. The topological polar surface area (TPSA) is 61.4 Å². The van der Waals surface area contributed by atoms with Crippen molar-refractivity contribution in [1.82, 2.24) is 10.6 Å². The number of amides is 1. The highest BCUT2D eigenvalue weighted by Crippen LogP contribution is 2.23. The fraction of sp³-hybridized carbons (Fsp3) is 0.909. The molecule has 0 aromatic carbocycles. The van der Waals surface area contributed by atoms with Gasteiger partial charge in [-0.25, -0.2) is 0 Å². The number of carbonyl (C=O) groups is 1. The van der Waals surface area contributed by atoms with Gasteiger partial charge in [0.15, 0.2) is 0 Å². The predicted octanol–water partition coefficient (Wildman–Crippen LogP) is 0.158. The third-order valence-electron chi connectivity index (χ3n) is 3.57. The molecule has 15 heavy (non-hydrogen) atoms. The van der Waals surface area contributed by atoms with Crippen LogP contribution in [0.3, 0.4) is 0 Å². The van der Waals surface area contributed by atoms with Gasteiger partial charge in [-0.1, -0.05) is 0 Å². The molecular formula is C11H20N2O2. The fourth-order valence-electron chi connectivity index (χ4n) is 2.30. The molecule has 1 unspecified atom stereocenters. The van der Waals surface area contributed by atoms with E-state index in [1.165, 1.54) is 0 Å². The van der Waals surface area contributed by atoms with Gasteiger partial charge in [0.05, 0.1) is 11.6 Å². The minimum atomic E-state index is -0.390. The number of aliphatic hydroxyl groups is 1. The largest absolute Gasteiger partial charge is 0.393 e. The van der Waals surface area contributed by atoms with E-state index in [1.807, 2.05) is 6.92 Å². The summed E-state index contributed by atoms with van der Waals surface area (Å²) < 4.78 is 0. The number of aliphatic hydroxyl groups excluding tert-OH is 1. The molecule has 2 rings (SSSR count). The molecular weight excluding hydrogens is 192 g/mol. The maximum atomic E-state index is 12.0. The first-order chi connectivity index (χ1) is 7.10. The van der Waals surface area contributed by atoms with Crippen LogP contribution in [0.2, 0.25) is 0 Å². The predicted molar refractivity (Wildman–Crippen MR) is 57.4 cm³/mol. The number of piperidine rings is 1. The maximum Gasteiger partial charge on any atom is 0.240 e. The highest BCUT2D eigenvalue weighted by molar-refractivity contribution is 5.86. The minimum Gasteiger partial charge on any atom is -0.393 e. The summed E-state index contributed by atoms with van der Waals surface area (Å²) in [6, 6.07) is 0.188. The Hall–Kier alpha value is -0.610. The van der Waals surface area contributed by atoms with E-state index in [0.29, 0.717) is 12.8 Å². The summed E-state index contributed by atoms with van der Waals surface area (Å²) in [6.07, 6.45) is 4.40. The van der Waals surface area contributed by atoms with Crippen molar-refractivity contribution in [1.29, 1.82) is 0 Å². The first kappa shape index (κ1) is 10.9. The zero-order chi connectivity index (χ0) is 10.9. The third kappa shape index (κ3) is 2.32. The van der Waals surface area contributed by atoms with Gasteiger partial charge in [-0.05, 0) is 45.6 Å². The molecule has 3 N–H and O–H groups in total. The molecule has 0 bridgehead atoms. The minimum absolute atomic E-state index is 0.0964. The Morgan fingerprint density at radius 3 is 2.73 bits per heavy atom. The van der Waals surface area contributed by atoms with Crippen LogP contribution in [0, 0.1) is 0 Å². The number of hydrogen-bond acceptors (Lipinski definition) is 3. The second-order valence-electron chi connectivity index (χ2n) is 5.01. The van der Waals surface area contributed by atoms with Crippen LogP contribution in [0.4, 0.5) is 0 Å². The van der Waals surface area contributed by atoms with Crippen LogP contribution in [0.25, 0.3) is 0 Å². The lowest BCUT2D eigenvalue weighted by atomic mass is 9.86. The van der Waals surface area contributed by atoms with Crippen molar-refractivity contribution in [3.8, 4) is 0 Å². The van der Waals surface area contributed by atoms with Crippen molar-refractivity contribution >= 4 is 5.91 Å². The van der Waals surface area contributed by atoms with Gasteiger partial charge in [-0.15, -0.1) is 0 Å². The van der Waals surface area contributed by atoms with Gasteiger partial charge in [-0.3, -0.25) is 4.79 Å². The van der Waals surface area contributed by atoms with Crippen molar-refractivity contribution < 1.29 is 9.90 Å². The van der Waals surface area contributed by atoms with E-state index < -0.39 is 5.54 Å². The van der Waals surface area contributed by atoms with Gasteiger partial charge >= 0.3 is 0 Å². The molecule has 0 aromatic rings. The molecule has 1 heterocycles. The summed E-state index contributed by atoms with van der Waals surface area (Å²) in [5.74, 6) is 0.0964. The van der Waals surface area contributed by atoms with Crippen LogP contribution in [0.15, 0.2) is 0 Å². The van der Waals surface area contributed by atoms with Crippen LogP contribution in [-0.4, -0.2) is 35.2 Å². The summed E-state index contributed by atoms with van der Waals surface area (Å²) in [4.78, 5) is 12.0. The first-order valence-electron chi connectivity index (χ1n) is 5.84. The second kappa shape index (κ2) is 4.10. The Balaban J connectivity index is 1.83. The van der Waals surface area contributed by atoms with E-state index >= 15 is 0 Å². The zero-order valence-corrected chi connectivity index (χ0v) is 9.25. The highest BCUT2D eigenvalue weighted by Gasteiger charge is 2.37. The molecule has 4 heteroatoms. The van der Waals surface area contributed by atoms with E-state index in [4.69, 9.17) is 5.11 Å². The molecule has 1 saturated carbocycles. The second-order valence-corrected chi connectivity index (χ2v) is 5.01. The quantitative estimate of drug-likeness (QED) is 0.611. The number of hydrogen-bond donors (Lipinski definition) is 3. The van der Waals surface area contributed by atoms with Crippen LogP contribution in [0.1, 0.15) is 39.0 Å². The van der Waals surface area contributed by atoms with Crippen LogP contribution in [0.5, 0.6) is 0 Å². The van der Waals surface area contributed by atoms with Gasteiger partial charge < -0.3 is 15.7 Å². The smallest absolute Gasteiger partial charge is 0.240 e. The van der Waals surface area contributed by atoms with E-state index in [1.54, 1.807) is 0 Å². The summed E-state index contributed by atoms with van der Waals surface area (Å²) in [6.45, 7) is 2.90. The van der Waals surface area contributed by atoms with Crippen LogP contribution in [-0.2, 0) is 4.79 Å². The summed E-state index contributed by atoms with van der Waals surface area (Å²) in [5, 5.41) is 15.4. The first-order valence-corrected chi connectivity index (χ1v) is 5.84. The van der Waals surface area contributed by atoms with E-state index in [-0.39, 0.29) is 18.1 Å². The standard InChI is InChI=1S/C11H20N2O2/c1-11(4-2-3-5-12-11)10(15)13-8-6-9(14)7-8/h8-9,12,14H,2-7H2,1H3,(H,13,15). The normalized spacial score (nSPS) is 40.7. The molecule has 2 aliphatic rings. The van der Waals surface area contributed by atoms with Crippen molar-refractivity contribution in [2.75, 3.05) is 6.54 Å². The average molecular weight is 212 g/mol. The molecule has 86 valence electrons. The molecule has 4 nitrogen and oxygen atoms in total. The third-order valence-corrected chi connectivity index (χ3v) is 3.57.